The Kier molecular flexibility index (Phi) is 8.60. The number of fused-ring (bicyclic) bond motifs is 1. The molecule has 7 nitrogen and oxygen atoms in total. The molecular weight excluding hydrogens is 533 g/mol. The quantitative estimate of drug-likeness (QED) is 0.230. The lowest BCUT2D eigenvalue weighted by molar-refractivity contribution is -0.138. The molecule has 10 heteroatoms. The van der Waals surface area contributed by atoms with Crippen LogP contribution in [0.2, 0.25) is 0 Å². The second-order valence-electron chi connectivity index (χ2n) is 9.54. The lowest BCUT2D eigenvalue weighted by atomic mass is 9.98. The van der Waals surface area contributed by atoms with E-state index in [1.165, 1.54) is 19.4 Å². The van der Waals surface area contributed by atoms with E-state index in [0.29, 0.717) is 34.0 Å². The highest BCUT2D eigenvalue weighted by molar-refractivity contribution is 6.19. The summed E-state index contributed by atoms with van der Waals surface area (Å²) < 4.78 is 53.0. The second-order valence-corrected chi connectivity index (χ2v) is 9.54. The third-order valence-corrected chi connectivity index (χ3v) is 6.75. The number of aryl methyl sites for hydroxylation is 2. The van der Waals surface area contributed by atoms with Crippen molar-refractivity contribution in [2.45, 2.75) is 47.0 Å². The Morgan fingerprint density at radius 2 is 1.80 bits per heavy atom. The summed E-state index contributed by atoms with van der Waals surface area (Å²) in [4.78, 5) is 26.4. The first-order valence-electron chi connectivity index (χ1n) is 12.9. The Balaban J connectivity index is 1.77. The monoisotopic (exact) mass is 564 g/mol. The number of alkyl halides is 3. The van der Waals surface area contributed by atoms with E-state index in [9.17, 15) is 18.0 Å². The number of benzene rings is 1. The average molecular weight is 565 g/mol. The molecule has 41 heavy (non-hydrogen) atoms. The molecule has 4 rings (SSSR count). The van der Waals surface area contributed by atoms with E-state index < -0.39 is 17.3 Å². The lowest BCUT2D eigenvalue weighted by Gasteiger charge is -2.18. The molecule has 3 heterocycles. The summed E-state index contributed by atoms with van der Waals surface area (Å²) in [5, 5.41) is 0.861. The third kappa shape index (κ3) is 6.16. The van der Waals surface area contributed by atoms with E-state index in [0.717, 1.165) is 38.6 Å². The van der Waals surface area contributed by atoms with Crippen LogP contribution in [-0.2, 0) is 19.3 Å². The fraction of sp³-hybridized carbons (Fsp3) is 0.290. The van der Waals surface area contributed by atoms with Crippen LogP contribution in [0.15, 0.2) is 70.1 Å². The van der Waals surface area contributed by atoms with Crippen molar-refractivity contribution in [3.05, 3.63) is 104 Å². The predicted molar refractivity (Wildman–Crippen MR) is 153 cm³/mol. The van der Waals surface area contributed by atoms with E-state index in [-0.39, 0.29) is 13.2 Å². The minimum Gasteiger partial charge on any atom is -0.496 e. The van der Waals surface area contributed by atoms with Crippen LogP contribution in [0.4, 0.5) is 13.2 Å². The van der Waals surface area contributed by atoms with Crippen molar-refractivity contribution >= 4 is 16.6 Å². The van der Waals surface area contributed by atoms with Crippen LogP contribution in [-0.4, -0.2) is 34.4 Å². The number of ether oxygens (including phenoxy) is 2. The summed E-state index contributed by atoms with van der Waals surface area (Å²) >= 11 is 0. The van der Waals surface area contributed by atoms with E-state index in [1.807, 2.05) is 45.0 Å². The number of methoxy groups -OCH3 is 1. The second kappa shape index (κ2) is 12.0. The topological polar surface area (TPSA) is 78.6 Å². The Morgan fingerprint density at radius 1 is 1.07 bits per heavy atom. The highest BCUT2D eigenvalue weighted by Gasteiger charge is 2.34. The van der Waals surface area contributed by atoms with Gasteiger partial charge in [0.1, 0.15) is 29.2 Å². The predicted octanol–water partition coefficient (Wildman–Crippen LogP) is 6.45. The fourth-order valence-electron chi connectivity index (χ4n) is 4.70. The van der Waals surface area contributed by atoms with Gasteiger partial charge >= 0.3 is 6.18 Å². The number of hydrogen-bond acceptors (Lipinski definition) is 6. The molecule has 0 atom stereocenters. The maximum absolute atomic E-state index is 13.4. The number of halogens is 3. The number of nitrogens with zero attached hydrogens (tertiary/aromatic N) is 4. The molecule has 0 saturated heterocycles. The number of aliphatic imine (C=N–C) groups is 1. The number of para-hydroxylation sites is 1. The van der Waals surface area contributed by atoms with Gasteiger partial charge in [0.25, 0.3) is 5.56 Å². The van der Waals surface area contributed by atoms with E-state index in [4.69, 9.17) is 14.5 Å². The Morgan fingerprint density at radius 3 is 2.46 bits per heavy atom. The molecule has 0 fully saturated rings. The highest BCUT2D eigenvalue weighted by atomic mass is 19.4. The van der Waals surface area contributed by atoms with Gasteiger partial charge in [0.15, 0.2) is 0 Å². The molecule has 0 bridgehead atoms. The first kappa shape index (κ1) is 29.5. The van der Waals surface area contributed by atoms with Crippen molar-refractivity contribution in [2.24, 2.45) is 4.99 Å². The largest absolute Gasteiger partial charge is 0.496 e. The summed E-state index contributed by atoms with van der Waals surface area (Å²) in [6.07, 6.45) is -1.47. The molecule has 0 saturated carbocycles. The molecule has 3 aromatic heterocycles. The number of hydrogen-bond donors (Lipinski definition) is 0. The molecule has 214 valence electrons. The summed E-state index contributed by atoms with van der Waals surface area (Å²) in [5.41, 5.74) is 3.27. The first-order valence-corrected chi connectivity index (χ1v) is 12.9. The SMILES string of the molecule is C/C=C(/C)C(=NC)c1cc(C)nc2c(OCc3c(OC)cc(C)nc3Cn3cccc(C(F)(F)F)c3=O)cccc12. The molecule has 0 aliphatic carbocycles. The van der Waals surface area contributed by atoms with Crippen LogP contribution < -0.4 is 15.0 Å². The van der Waals surface area contributed by atoms with Gasteiger partial charge in [0, 0.05) is 41.6 Å². The molecule has 0 aliphatic heterocycles. The van der Waals surface area contributed by atoms with Gasteiger partial charge in [0.2, 0.25) is 0 Å². The molecular formula is C31H31F3N4O3. The maximum Gasteiger partial charge on any atom is 0.421 e. The molecule has 0 spiro atoms. The molecule has 0 aliphatic rings. The van der Waals surface area contributed by atoms with Gasteiger partial charge in [-0.1, -0.05) is 18.2 Å². The lowest BCUT2D eigenvalue weighted by Crippen LogP contribution is -2.29. The zero-order chi connectivity index (χ0) is 29.9. The van der Waals surface area contributed by atoms with Crippen LogP contribution in [0, 0.1) is 13.8 Å². The summed E-state index contributed by atoms with van der Waals surface area (Å²) in [5.74, 6) is 0.951. The summed E-state index contributed by atoms with van der Waals surface area (Å²) in [7, 11) is 3.24. The van der Waals surface area contributed by atoms with Crippen LogP contribution in [0.5, 0.6) is 11.5 Å². The number of rotatable bonds is 8. The van der Waals surface area contributed by atoms with Crippen molar-refractivity contribution in [3.8, 4) is 11.5 Å². The van der Waals surface area contributed by atoms with Crippen LogP contribution >= 0.6 is 0 Å². The van der Waals surface area contributed by atoms with Gasteiger partial charge in [0.05, 0.1) is 30.6 Å². The molecule has 0 unspecified atom stereocenters. The molecule has 0 radical (unpaired) electrons. The smallest absolute Gasteiger partial charge is 0.421 e. The third-order valence-electron chi connectivity index (χ3n) is 6.75. The standard InChI is InChI=1S/C31H31F3N4O3/c1-7-18(2)28(35-5)22-14-19(3)37-29-21(22)10-8-12-26(29)41-17-23-25(36-20(4)15-27(23)40-6)16-38-13-9-11-24(30(38)39)31(32,33)34/h7-15H,16-17H2,1-6H3/b18-7-,35-28?. The summed E-state index contributed by atoms with van der Waals surface area (Å²) in [6, 6.07) is 11.3. The Labute approximate surface area is 236 Å². The zero-order valence-corrected chi connectivity index (χ0v) is 23.8. The van der Waals surface area contributed by atoms with Crippen LogP contribution in [0.3, 0.4) is 0 Å². The van der Waals surface area contributed by atoms with Gasteiger partial charge < -0.3 is 14.0 Å². The van der Waals surface area contributed by atoms with E-state index in [2.05, 4.69) is 9.98 Å². The fourth-order valence-corrected chi connectivity index (χ4v) is 4.70. The zero-order valence-electron chi connectivity index (χ0n) is 23.8. The number of pyridine rings is 3. The van der Waals surface area contributed by atoms with Crippen LogP contribution in [0.1, 0.15) is 47.6 Å². The van der Waals surface area contributed by atoms with Crippen LogP contribution in [0.25, 0.3) is 10.9 Å². The minimum atomic E-state index is -4.77. The number of allylic oxidation sites excluding steroid dienone is 2. The highest BCUT2D eigenvalue weighted by Crippen LogP contribution is 2.31. The van der Waals surface area contributed by atoms with Crippen molar-refractivity contribution in [3.63, 3.8) is 0 Å². The van der Waals surface area contributed by atoms with E-state index in [1.54, 1.807) is 26.1 Å². The van der Waals surface area contributed by atoms with Crippen molar-refractivity contribution in [1.82, 2.24) is 14.5 Å². The van der Waals surface area contributed by atoms with Gasteiger partial charge in [-0.05, 0) is 57.5 Å². The van der Waals surface area contributed by atoms with Gasteiger partial charge in [-0.2, -0.15) is 13.2 Å². The van der Waals surface area contributed by atoms with Crippen molar-refractivity contribution in [2.75, 3.05) is 14.2 Å². The maximum atomic E-state index is 13.4. The average Bonchev–Trinajstić information content (AvgIpc) is 2.92. The normalized spacial score (nSPS) is 12.6. The Bertz CT molecular complexity index is 1720. The molecule has 4 aromatic rings. The first-order chi connectivity index (χ1) is 19.5. The molecule has 0 N–H and O–H groups in total. The van der Waals surface area contributed by atoms with Gasteiger partial charge in [-0.25, -0.2) is 4.98 Å². The number of aromatic nitrogens is 3. The molecule has 0 amide bonds. The van der Waals surface area contributed by atoms with Crippen molar-refractivity contribution < 1.29 is 22.6 Å². The summed E-state index contributed by atoms with van der Waals surface area (Å²) in [6.45, 7) is 7.37. The van der Waals surface area contributed by atoms with E-state index >= 15 is 0 Å². The minimum absolute atomic E-state index is 0.0216. The van der Waals surface area contributed by atoms with Gasteiger partial charge in [-0.3, -0.25) is 14.8 Å². The van der Waals surface area contributed by atoms with Crippen molar-refractivity contribution in [1.29, 1.82) is 0 Å². The molecule has 1 aromatic carbocycles. The Hall–Kier alpha value is -4.47. The van der Waals surface area contributed by atoms with Gasteiger partial charge in [-0.15, -0.1) is 0 Å².